The van der Waals surface area contributed by atoms with Crippen LogP contribution in [0.3, 0.4) is 0 Å². The van der Waals surface area contributed by atoms with E-state index < -0.39 is 11.6 Å². The minimum atomic E-state index is -0.742. The van der Waals surface area contributed by atoms with Crippen LogP contribution in [0.2, 0.25) is 0 Å². The molecular formula is C22H24FN5O3. The van der Waals surface area contributed by atoms with Crippen LogP contribution in [0.15, 0.2) is 24.3 Å². The number of carbonyl (C=O) groups is 1. The number of phenols is 1. The second-order valence-electron chi connectivity index (χ2n) is 8.26. The van der Waals surface area contributed by atoms with Gasteiger partial charge in [-0.2, -0.15) is 5.10 Å². The van der Waals surface area contributed by atoms with Crippen LogP contribution >= 0.6 is 0 Å². The number of aromatic nitrogens is 3. The van der Waals surface area contributed by atoms with Crippen LogP contribution in [0.25, 0.3) is 22.3 Å². The van der Waals surface area contributed by atoms with Gasteiger partial charge < -0.3 is 20.1 Å². The van der Waals surface area contributed by atoms with Crippen molar-refractivity contribution in [3.8, 4) is 17.0 Å². The van der Waals surface area contributed by atoms with Gasteiger partial charge in [-0.15, -0.1) is 0 Å². The highest BCUT2D eigenvalue weighted by Gasteiger charge is 2.39. The molecule has 162 valence electrons. The Kier molecular flexibility index (Phi) is 4.86. The smallest absolute Gasteiger partial charge is 0.254 e. The first-order valence-corrected chi connectivity index (χ1v) is 10.4. The fourth-order valence-corrected chi connectivity index (χ4v) is 4.54. The molecule has 4 heterocycles. The predicted molar refractivity (Wildman–Crippen MR) is 112 cm³/mol. The molecule has 0 bridgehead atoms. The Labute approximate surface area is 178 Å². The summed E-state index contributed by atoms with van der Waals surface area (Å²) in [6.45, 7) is 5.12. The van der Waals surface area contributed by atoms with Crippen molar-refractivity contribution in [2.24, 2.45) is 0 Å². The van der Waals surface area contributed by atoms with Crippen molar-refractivity contribution >= 4 is 16.9 Å². The summed E-state index contributed by atoms with van der Waals surface area (Å²) in [5.41, 5.74) is 2.22. The van der Waals surface area contributed by atoms with E-state index in [9.17, 15) is 14.3 Å². The zero-order valence-corrected chi connectivity index (χ0v) is 17.2. The van der Waals surface area contributed by atoms with Crippen molar-refractivity contribution in [2.45, 2.75) is 25.4 Å². The third-order valence-electron chi connectivity index (χ3n) is 6.24. The lowest BCUT2D eigenvalue weighted by molar-refractivity contribution is -0.114. The number of ether oxygens (including phenoxy) is 1. The van der Waals surface area contributed by atoms with Gasteiger partial charge in [0.1, 0.15) is 0 Å². The standard InChI is InChI=1S/C22H24FN5O3/c1-13-19-15(21(30)28-8-9-31-22(12-28)4-6-24-7-5-22)11-17(25-20(19)27-26-13)14-2-3-18(29)16(23)10-14/h2-3,10-11,24,29H,4-9,12H2,1H3,(H,25,26,27). The van der Waals surface area contributed by atoms with Crippen LogP contribution in [0.5, 0.6) is 5.75 Å². The minimum Gasteiger partial charge on any atom is -0.505 e. The fraction of sp³-hybridized carbons (Fsp3) is 0.409. The van der Waals surface area contributed by atoms with Gasteiger partial charge in [-0.25, -0.2) is 9.37 Å². The molecule has 31 heavy (non-hydrogen) atoms. The molecule has 8 nitrogen and oxygen atoms in total. The highest BCUT2D eigenvalue weighted by Crippen LogP contribution is 2.32. The first-order chi connectivity index (χ1) is 15.0. The third kappa shape index (κ3) is 3.53. The summed E-state index contributed by atoms with van der Waals surface area (Å²) < 4.78 is 20.0. The molecule has 2 aliphatic heterocycles. The van der Waals surface area contributed by atoms with Gasteiger partial charge in [0.25, 0.3) is 5.91 Å². The Balaban J connectivity index is 1.55. The molecule has 5 rings (SSSR count). The van der Waals surface area contributed by atoms with E-state index in [0.717, 1.165) is 25.9 Å². The summed E-state index contributed by atoms with van der Waals surface area (Å²) >= 11 is 0. The zero-order chi connectivity index (χ0) is 21.6. The van der Waals surface area contributed by atoms with Crippen LogP contribution in [0.4, 0.5) is 4.39 Å². The largest absolute Gasteiger partial charge is 0.505 e. The Morgan fingerprint density at radius 3 is 2.87 bits per heavy atom. The summed E-state index contributed by atoms with van der Waals surface area (Å²) in [7, 11) is 0. The van der Waals surface area contributed by atoms with Crippen molar-refractivity contribution in [2.75, 3.05) is 32.8 Å². The number of morpholine rings is 1. The summed E-state index contributed by atoms with van der Waals surface area (Å²) in [6, 6.07) is 5.74. The van der Waals surface area contributed by atoms with Gasteiger partial charge in [0.15, 0.2) is 17.2 Å². The molecule has 1 aromatic carbocycles. The summed E-state index contributed by atoms with van der Waals surface area (Å²) in [5.74, 6) is -1.29. The fourth-order valence-electron chi connectivity index (χ4n) is 4.54. The predicted octanol–water partition coefficient (Wildman–Crippen LogP) is 2.37. The molecule has 2 aromatic heterocycles. The quantitative estimate of drug-likeness (QED) is 0.583. The van der Waals surface area contributed by atoms with Gasteiger partial charge >= 0.3 is 0 Å². The minimum absolute atomic E-state index is 0.112. The van der Waals surface area contributed by atoms with Crippen LogP contribution in [-0.4, -0.2) is 69.5 Å². The number of amides is 1. The van der Waals surface area contributed by atoms with Crippen LogP contribution < -0.4 is 5.32 Å². The molecule has 2 saturated heterocycles. The van der Waals surface area contributed by atoms with E-state index in [1.807, 2.05) is 11.8 Å². The molecule has 3 aromatic rings. The van der Waals surface area contributed by atoms with E-state index in [1.165, 1.54) is 12.1 Å². The SMILES string of the molecule is Cc1n[nH]c2nc(-c3ccc(O)c(F)c3)cc(C(=O)N3CCOC4(CCNCC4)C3)c12. The summed E-state index contributed by atoms with van der Waals surface area (Å²) in [6.07, 6.45) is 1.73. The molecule has 3 N–H and O–H groups in total. The number of aromatic amines is 1. The number of piperidine rings is 1. The number of aryl methyl sites for hydroxylation is 1. The second kappa shape index (κ2) is 7.58. The maximum absolute atomic E-state index is 13.9. The summed E-state index contributed by atoms with van der Waals surface area (Å²) in [4.78, 5) is 20.0. The second-order valence-corrected chi connectivity index (χ2v) is 8.26. The van der Waals surface area contributed by atoms with Gasteiger partial charge in [-0.3, -0.25) is 9.89 Å². The Morgan fingerprint density at radius 1 is 1.29 bits per heavy atom. The number of rotatable bonds is 2. The average Bonchev–Trinajstić information content (AvgIpc) is 3.16. The lowest BCUT2D eigenvalue weighted by atomic mass is 9.90. The molecule has 1 amide bonds. The number of aromatic hydroxyl groups is 1. The monoisotopic (exact) mass is 425 g/mol. The van der Waals surface area contributed by atoms with E-state index in [4.69, 9.17) is 4.74 Å². The van der Waals surface area contributed by atoms with E-state index in [0.29, 0.717) is 53.2 Å². The number of pyridine rings is 1. The maximum atomic E-state index is 13.9. The highest BCUT2D eigenvalue weighted by atomic mass is 19.1. The highest BCUT2D eigenvalue weighted by molar-refractivity contribution is 6.07. The van der Waals surface area contributed by atoms with Gasteiger partial charge in [0, 0.05) is 12.1 Å². The van der Waals surface area contributed by atoms with E-state index in [2.05, 4.69) is 20.5 Å². The third-order valence-corrected chi connectivity index (χ3v) is 6.24. The van der Waals surface area contributed by atoms with Crippen LogP contribution in [0, 0.1) is 12.7 Å². The average molecular weight is 425 g/mol. The van der Waals surface area contributed by atoms with Gasteiger partial charge in [-0.05, 0) is 57.1 Å². The number of fused-ring (bicyclic) bond motifs is 1. The van der Waals surface area contributed by atoms with E-state index >= 15 is 0 Å². The number of nitrogens with zero attached hydrogens (tertiary/aromatic N) is 3. The van der Waals surface area contributed by atoms with Gasteiger partial charge in [0.05, 0.1) is 41.1 Å². The zero-order valence-electron chi connectivity index (χ0n) is 17.2. The first-order valence-electron chi connectivity index (χ1n) is 10.4. The summed E-state index contributed by atoms with van der Waals surface area (Å²) in [5, 5.41) is 20.6. The molecule has 2 aliphatic rings. The molecule has 0 atom stereocenters. The van der Waals surface area contributed by atoms with Gasteiger partial charge in [-0.1, -0.05) is 0 Å². The molecular weight excluding hydrogens is 401 g/mol. The number of benzene rings is 1. The molecule has 0 radical (unpaired) electrons. The molecule has 0 aliphatic carbocycles. The lowest BCUT2D eigenvalue weighted by Crippen LogP contribution is -2.57. The van der Waals surface area contributed by atoms with Crippen molar-refractivity contribution in [1.82, 2.24) is 25.4 Å². The molecule has 9 heteroatoms. The number of nitrogens with one attached hydrogen (secondary N) is 2. The molecule has 0 unspecified atom stereocenters. The number of phenolic OH excluding ortho intramolecular Hbond substituents is 1. The Hall–Kier alpha value is -3.04. The number of halogens is 1. The van der Waals surface area contributed by atoms with Crippen molar-refractivity contribution in [3.63, 3.8) is 0 Å². The van der Waals surface area contributed by atoms with Crippen molar-refractivity contribution in [3.05, 3.63) is 41.3 Å². The van der Waals surface area contributed by atoms with Crippen molar-refractivity contribution < 1.29 is 19.0 Å². The molecule has 0 saturated carbocycles. The lowest BCUT2D eigenvalue weighted by Gasteiger charge is -2.45. The van der Waals surface area contributed by atoms with E-state index in [-0.39, 0.29) is 11.5 Å². The van der Waals surface area contributed by atoms with Crippen LogP contribution in [0.1, 0.15) is 28.9 Å². The van der Waals surface area contributed by atoms with E-state index in [1.54, 1.807) is 12.1 Å². The molecule has 2 fully saturated rings. The van der Waals surface area contributed by atoms with Crippen LogP contribution in [-0.2, 0) is 4.74 Å². The molecule has 1 spiro atoms. The topological polar surface area (TPSA) is 103 Å². The number of hydrogen-bond donors (Lipinski definition) is 3. The maximum Gasteiger partial charge on any atom is 0.254 e. The number of H-pyrrole nitrogens is 1. The number of carbonyl (C=O) groups excluding carboxylic acids is 1. The van der Waals surface area contributed by atoms with Crippen molar-refractivity contribution in [1.29, 1.82) is 0 Å². The van der Waals surface area contributed by atoms with Gasteiger partial charge in [0.2, 0.25) is 0 Å². The Morgan fingerprint density at radius 2 is 2.10 bits per heavy atom. The Bertz CT molecular complexity index is 1150. The number of hydrogen-bond acceptors (Lipinski definition) is 6. The first kappa shape index (κ1) is 19.9. The normalized spacial score (nSPS) is 18.6.